The van der Waals surface area contributed by atoms with Crippen molar-refractivity contribution in [1.82, 2.24) is 0 Å². The van der Waals surface area contributed by atoms with Crippen molar-refractivity contribution in [1.29, 1.82) is 0 Å². The van der Waals surface area contributed by atoms with Gasteiger partial charge in [-0.1, -0.05) is 0 Å². The van der Waals surface area contributed by atoms with Crippen molar-refractivity contribution in [3.63, 3.8) is 0 Å². The Labute approximate surface area is 125 Å². The molecule has 1 atom stereocenters. The van der Waals surface area contributed by atoms with Gasteiger partial charge >= 0.3 is 0 Å². The van der Waals surface area contributed by atoms with Gasteiger partial charge in [0.25, 0.3) is 0 Å². The van der Waals surface area contributed by atoms with Gasteiger partial charge in [0.1, 0.15) is 35.9 Å². The molecular formula is C16H13F3O3. The number of halogens is 3. The van der Waals surface area contributed by atoms with Crippen molar-refractivity contribution >= 4 is 5.78 Å². The molecule has 0 aliphatic carbocycles. The van der Waals surface area contributed by atoms with E-state index in [1.165, 1.54) is 13.0 Å². The van der Waals surface area contributed by atoms with Crippen LogP contribution in [-0.4, -0.2) is 17.5 Å². The molecule has 0 spiro atoms. The summed E-state index contributed by atoms with van der Waals surface area (Å²) in [7, 11) is 0. The Bertz CT molecular complexity index is 701. The summed E-state index contributed by atoms with van der Waals surface area (Å²) in [4.78, 5) is 11.4. The number of ketones is 1. The molecule has 0 aromatic heterocycles. The van der Waals surface area contributed by atoms with Crippen LogP contribution in [0.2, 0.25) is 0 Å². The van der Waals surface area contributed by atoms with E-state index in [0.29, 0.717) is 0 Å². The first kappa shape index (κ1) is 16.0. The summed E-state index contributed by atoms with van der Waals surface area (Å²) < 4.78 is 45.0. The minimum absolute atomic E-state index is 0.0663. The van der Waals surface area contributed by atoms with Gasteiger partial charge in [0, 0.05) is 11.6 Å². The SMILES string of the molecule is CC(=O)c1ccc(F)cc1OCC(O)c1cc(F)ccc1F. The van der Waals surface area contributed by atoms with Crippen LogP contribution in [0.4, 0.5) is 13.2 Å². The molecule has 2 rings (SSSR count). The molecule has 3 nitrogen and oxygen atoms in total. The second-order valence-corrected chi connectivity index (χ2v) is 4.69. The normalized spacial score (nSPS) is 12.0. The maximum absolute atomic E-state index is 13.5. The van der Waals surface area contributed by atoms with Crippen LogP contribution in [0.1, 0.15) is 28.9 Å². The predicted molar refractivity (Wildman–Crippen MR) is 73.2 cm³/mol. The molecule has 2 aromatic rings. The quantitative estimate of drug-likeness (QED) is 0.861. The average Bonchev–Trinajstić information content (AvgIpc) is 2.47. The maximum Gasteiger partial charge on any atom is 0.163 e. The van der Waals surface area contributed by atoms with Crippen LogP contribution < -0.4 is 4.74 Å². The van der Waals surface area contributed by atoms with E-state index >= 15 is 0 Å². The first-order valence-electron chi connectivity index (χ1n) is 6.45. The van der Waals surface area contributed by atoms with Crippen LogP contribution in [0.25, 0.3) is 0 Å². The minimum atomic E-state index is -1.46. The zero-order valence-corrected chi connectivity index (χ0v) is 11.6. The van der Waals surface area contributed by atoms with Gasteiger partial charge in [0.2, 0.25) is 0 Å². The summed E-state index contributed by atoms with van der Waals surface area (Å²) >= 11 is 0. The molecule has 1 N–H and O–H groups in total. The molecule has 0 aliphatic heterocycles. The fourth-order valence-corrected chi connectivity index (χ4v) is 1.93. The molecular weight excluding hydrogens is 297 g/mol. The molecule has 0 aliphatic rings. The summed E-state index contributed by atoms with van der Waals surface area (Å²) in [6.45, 7) is 0.826. The highest BCUT2D eigenvalue weighted by Crippen LogP contribution is 2.24. The summed E-state index contributed by atoms with van der Waals surface area (Å²) in [6, 6.07) is 6.00. The highest BCUT2D eigenvalue weighted by molar-refractivity contribution is 5.96. The second-order valence-electron chi connectivity index (χ2n) is 4.69. The monoisotopic (exact) mass is 310 g/mol. The molecule has 0 amide bonds. The topological polar surface area (TPSA) is 46.5 Å². The number of hydrogen-bond acceptors (Lipinski definition) is 3. The van der Waals surface area contributed by atoms with Crippen molar-refractivity contribution in [2.75, 3.05) is 6.61 Å². The molecule has 1 unspecified atom stereocenters. The lowest BCUT2D eigenvalue weighted by Crippen LogP contribution is -2.13. The lowest BCUT2D eigenvalue weighted by molar-refractivity contribution is 0.0966. The van der Waals surface area contributed by atoms with Gasteiger partial charge in [-0.2, -0.15) is 0 Å². The van der Waals surface area contributed by atoms with Crippen molar-refractivity contribution in [3.05, 3.63) is 65.0 Å². The molecule has 0 saturated heterocycles. The van der Waals surface area contributed by atoms with Gasteiger partial charge in [-0.3, -0.25) is 4.79 Å². The number of aliphatic hydroxyl groups excluding tert-OH is 1. The number of hydrogen-bond donors (Lipinski definition) is 1. The Hall–Kier alpha value is -2.34. The first-order chi connectivity index (χ1) is 10.4. The van der Waals surface area contributed by atoms with Gasteiger partial charge in [-0.05, 0) is 37.3 Å². The minimum Gasteiger partial charge on any atom is -0.490 e. The lowest BCUT2D eigenvalue weighted by Gasteiger charge is -2.15. The average molecular weight is 310 g/mol. The third-order valence-electron chi connectivity index (χ3n) is 3.04. The Balaban J connectivity index is 2.17. The third kappa shape index (κ3) is 3.65. The summed E-state index contributed by atoms with van der Waals surface area (Å²) in [5.41, 5.74) is -0.144. The molecule has 6 heteroatoms. The van der Waals surface area contributed by atoms with Crippen molar-refractivity contribution in [3.8, 4) is 5.75 Å². The van der Waals surface area contributed by atoms with E-state index in [1.807, 2.05) is 0 Å². The van der Waals surface area contributed by atoms with Gasteiger partial charge in [0.15, 0.2) is 5.78 Å². The number of ether oxygens (including phenoxy) is 1. The van der Waals surface area contributed by atoms with Crippen LogP contribution >= 0.6 is 0 Å². The van der Waals surface area contributed by atoms with E-state index in [-0.39, 0.29) is 22.7 Å². The van der Waals surface area contributed by atoms with Crippen LogP contribution in [0.5, 0.6) is 5.75 Å². The van der Waals surface area contributed by atoms with E-state index in [0.717, 1.165) is 30.3 Å². The Morgan fingerprint density at radius 3 is 2.45 bits per heavy atom. The zero-order chi connectivity index (χ0) is 16.3. The molecule has 0 saturated carbocycles. The lowest BCUT2D eigenvalue weighted by atomic mass is 10.1. The van der Waals surface area contributed by atoms with Crippen LogP contribution in [0, 0.1) is 17.5 Å². The van der Waals surface area contributed by atoms with Gasteiger partial charge in [-0.15, -0.1) is 0 Å². The number of aliphatic hydroxyl groups is 1. The molecule has 2 aromatic carbocycles. The molecule has 0 heterocycles. The predicted octanol–water partition coefficient (Wildman–Crippen LogP) is 3.42. The van der Waals surface area contributed by atoms with E-state index < -0.39 is 30.2 Å². The Morgan fingerprint density at radius 2 is 1.77 bits per heavy atom. The highest BCUT2D eigenvalue weighted by atomic mass is 19.1. The summed E-state index contributed by atoms with van der Waals surface area (Å²) in [5.74, 6) is -2.52. The number of carbonyl (C=O) groups excluding carboxylic acids is 1. The Morgan fingerprint density at radius 1 is 1.14 bits per heavy atom. The van der Waals surface area contributed by atoms with Crippen LogP contribution in [0.15, 0.2) is 36.4 Å². The second kappa shape index (κ2) is 6.62. The fourth-order valence-electron chi connectivity index (χ4n) is 1.93. The van der Waals surface area contributed by atoms with Gasteiger partial charge in [0.05, 0.1) is 5.56 Å². The van der Waals surface area contributed by atoms with E-state index in [4.69, 9.17) is 4.74 Å². The molecule has 0 bridgehead atoms. The summed E-state index contributed by atoms with van der Waals surface area (Å²) in [6.07, 6.45) is -1.46. The van der Waals surface area contributed by atoms with Crippen molar-refractivity contribution in [2.24, 2.45) is 0 Å². The maximum atomic E-state index is 13.5. The number of Topliss-reactive ketones (excluding diaryl/α,β-unsaturated/α-hetero) is 1. The number of benzene rings is 2. The van der Waals surface area contributed by atoms with E-state index in [2.05, 4.69) is 0 Å². The van der Waals surface area contributed by atoms with Gasteiger partial charge < -0.3 is 9.84 Å². The van der Waals surface area contributed by atoms with Crippen LogP contribution in [0.3, 0.4) is 0 Å². The van der Waals surface area contributed by atoms with Crippen LogP contribution in [-0.2, 0) is 0 Å². The standard InChI is InChI=1S/C16H13F3O3/c1-9(20)12-4-2-11(18)7-16(12)22-8-15(21)13-6-10(17)3-5-14(13)19/h2-7,15,21H,8H2,1H3. The van der Waals surface area contributed by atoms with Gasteiger partial charge in [-0.25, -0.2) is 13.2 Å². The molecule has 0 fully saturated rings. The van der Waals surface area contributed by atoms with Crippen molar-refractivity contribution < 1.29 is 27.8 Å². The largest absolute Gasteiger partial charge is 0.490 e. The van der Waals surface area contributed by atoms with E-state index in [9.17, 15) is 23.1 Å². The fraction of sp³-hybridized carbons (Fsp3) is 0.188. The summed E-state index contributed by atoms with van der Waals surface area (Å²) in [5, 5.41) is 9.88. The number of carbonyl (C=O) groups is 1. The molecule has 0 radical (unpaired) electrons. The number of rotatable bonds is 5. The first-order valence-corrected chi connectivity index (χ1v) is 6.45. The zero-order valence-electron chi connectivity index (χ0n) is 11.6. The smallest absolute Gasteiger partial charge is 0.163 e. The van der Waals surface area contributed by atoms with E-state index in [1.54, 1.807) is 0 Å². The van der Waals surface area contributed by atoms with Crippen molar-refractivity contribution in [2.45, 2.75) is 13.0 Å². The highest BCUT2D eigenvalue weighted by Gasteiger charge is 2.17. The third-order valence-corrected chi connectivity index (χ3v) is 3.04. The Kier molecular flexibility index (Phi) is 4.82. The molecule has 116 valence electrons. The molecule has 22 heavy (non-hydrogen) atoms.